The quantitative estimate of drug-likeness (QED) is 0.796. The summed E-state index contributed by atoms with van der Waals surface area (Å²) in [4.78, 5) is 11.7. The molecule has 0 bridgehead atoms. The zero-order chi connectivity index (χ0) is 15.4. The Labute approximate surface area is 120 Å². The summed E-state index contributed by atoms with van der Waals surface area (Å²) in [5.41, 5.74) is -0.443. The molecule has 1 heterocycles. The third kappa shape index (κ3) is 2.86. The topological polar surface area (TPSA) is 53.3 Å². The molecular weight excluding hydrogens is 282 g/mol. The van der Waals surface area contributed by atoms with E-state index in [-0.39, 0.29) is 12.2 Å². The molecule has 2 aromatic rings. The van der Waals surface area contributed by atoms with Crippen LogP contribution in [-0.2, 0) is 4.74 Å². The summed E-state index contributed by atoms with van der Waals surface area (Å²) in [6, 6.07) is 6.57. The molecule has 0 aliphatic heterocycles. The fraction of sp³-hybridized carbons (Fsp3) is 0.286. The Balaban J connectivity index is 2.57. The molecule has 0 fully saturated rings. The Kier molecular flexibility index (Phi) is 4.52. The van der Waals surface area contributed by atoms with E-state index >= 15 is 0 Å². The fourth-order valence-electron chi connectivity index (χ4n) is 1.93. The second kappa shape index (κ2) is 6.34. The van der Waals surface area contributed by atoms with Gasteiger partial charge in [-0.05, 0) is 19.1 Å². The van der Waals surface area contributed by atoms with Gasteiger partial charge in [-0.25, -0.2) is 18.3 Å². The summed E-state index contributed by atoms with van der Waals surface area (Å²) in [6.07, 6.45) is -1.80. The number of ether oxygens (including phenoxy) is 2. The summed E-state index contributed by atoms with van der Waals surface area (Å²) in [6.45, 7) is 1.70. The van der Waals surface area contributed by atoms with E-state index in [0.717, 1.165) is 10.9 Å². The number of halogens is 2. The van der Waals surface area contributed by atoms with Gasteiger partial charge in [0.1, 0.15) is 22.7 Å². The van der Waals surface area contributed by atoms with Crippen molar-refractivity contribution in [3.05, 3.63) is 41.7 Å². The molecule has 0 spiro atoms. The van der Waals surface area contributed by atoms with Crippen LogP contribution in [0, 0.1) is 0 Å². The number of nitrogens with zero attached hydrogens (tertiary/aromatic N) is 2. The van der Waals surface area contributed by atoms with Gasteiger partial charge in [-0.3, -0.25) is 0 Å². The fourth-order valence-corrected chi connectivity index (χ4v) is 1.93. The number of alkyl halides is 2. The lowest BCUT2D eigenvalue weighted by molar-refractivity contribution is 0.0514. The molecule has 1 aromatic carbocycles. The molecule has 21 heavy (non-hydrogen) atoms. The first-order chi connectivity index (χ1) is 10.1. The molecule has 0 amide bonds. The van der Waals surface area contributed by atoms with Crippen LogP contribution in [0.4, 0.5) is 8.78 Å². The van der Waals surface area contributed by atoms with Crippen molar-refractivity contribution < 1.29 is 23.0 Å². The van der Waals surface area contributed by atoms with Gasteiger partial charge in [0.05, 0.1) is 19.9 Å². The molecule has 0 aliphatic rings. The number of aromatic nitrogens is 2. The van der Waals surface area contributed by atoms with Crippen molar-refractivity contribution in [2.24, 2.45) is 0 Å². The van der Waals surface area contributed by atoms with Crippen molar-refractivity contribution in [3.63, 3.8) is 0 Å². The number of carbonyl (C=O) groups excluding carboxylic acids is 1. The highest BCUT2D eigenvalue weighted by molar-refractivity contribution is 5.90. The van der Waals surface area contributed by atoms with E-state index in [2.05, 4.69) is 5.10 Å². The molecule has 0 radical (unpaired) electrons. The van der Waals surface area contributed by atoms with Gasteiger partial charge >= 0.3 is 5.97 Å². The minimum Gasteiger partial charge on any atom is -0.494 e. The van der Waals surface area contributed by atoms with E-state index in [9.17, 15) is 13.6 Å². The lowest BCUT2D eigenvalue weighted by Crippen LogP contribution is -2.10. The number of carbonyl (C=O) groups is 1. The van der Waals surface area contributed by atoms with Crippen LogP contribution in [0.5, 0.6) is 5.75 Å². The first kappa shape index (κ1) is 15.0. The zero-order valence-electron chi connectivity index (χ0n) is 11.5. The van der Waals surface area contributed by atoms with Crippen LogP contribution >= 0.6 is 0 Å². The molecule has 0 aliphatic carbocycles. The summed E-state index contributed by atoms with van der Waals surface area (Å²) in [5.74, 6) is -0.452. The smallest absolute Gasteiger partial charge is 0.341 e. The first-order valence-corrected chi connectivity index (χ1v) is 6.26. The van der Waals surface area contributed by atoms with Crippen LogP contribution < -0.4 is 4.74 Å². The maximum absolute atomic E-state index is 13.3. The predicted molar refractivity (Wildman–Crippen MR) is 71.0 cm³/mol. The Hall–Kier alpha value is -2.44. The average molecular weight is 296 g/mol. The SMILES string of the molecule is CCOC(=O)c1cnn(-c2ccccc2OC)c1C(F)F. The molecule has 0 saturated carbocycles. The predicted octanol–water partition coefficient (Wildman–Crippen LogP) is 3.00. The largest absolute Gasteiger partial charge is 0.494 e. The zero-order valence-corrected chi connectivity index (χ0v) is 11.5. The molecular formula is C14H14F2N2O3. The Morgan fingerprint density at radius 1 is 1.38 bits per heavy atom. The van der Waals surface area contributed by atoms with Crippen molar-refractivity contribution in [2.75, 3.05) is 13.7 Å². The maximum atomic E-state index is 13.3. The van der Waals surface area contributed by atoms with Crippen LogP contribution in [0.2, 0.25) is 0 Å². The second-order valence-electron chi connectivity index (χ2n) is 4.05. The highest BCUT2D eigenvalue weighted by Gasteiger charge is 2.27. The Morgan fingerprint density at radius 3 is 2.71 bits per heavy atom. The number of hydrogen-bond acceptors (Lipinski definition) is 4. The van der Waals surface area contributed by atoms with Gasteiger partial charge in [0.15, 0.2) is 0 Å². The monoisotopic (exact) mass is 296 g/mol. The first-order valence-electron chi connectivity index (χ1n) is 6.26. The highest BCUT2D eigenvalue weighted by atomic mass is 19.3. The molecule has 0 saturated heterocycles. The minimum atomic E-state index is -2.88. The molecule has 7 heteroatoms. The summed E-state index contributed by atoms with van der Waals surface area (Å²) in [7, 11) is 1.43. The molecule has 112 valence electrons. The van der Waals surface area contributed by atoms with E-state index in [1.54, 1.807) is 31.2 Å². The van der Waals surface area contributed by atoms with E-state index in [4.69, 9.17) is 9.47 Å². The number of benzene rings is 1. The van der Waals surface area contributed by atoms with Crippen molar-refractivity contribution in [2.45, 2.75) is 13.3 Å². The van der Waals surface area contributed by atoms with Crippen LogP contribution in [-0.4, -0.2) is 29.5 Å². The van der Waals surface area contributed by atoms with Crippen molar-refractivity contribution >= 4 is 5.97 Å². The molecule has 0 atom stereocenters. The van der Waals surface area contributed by atoms with Gasteiger partial charge in [-0.1, -0.05) is 12.1 Å². The second-order valence-corrected chi connectivity index (χ2v) is 4.05. The summed E-state index contributed by atoms with van der Waals surface area (Å²) >= 11 is 0. The molecule has 5 nitrogen and oxygen atoms in total. The van der Waals surface area contributed by atoms with Gasteiger partial charge in [-0.15, -0.1) is 0 Å². The number of hydrogen-bond donors (Lipinski definition) is 0. The van der Waals surface area contributed by atoms with E-state index in [1.165, 1.54) is 7.11 Å². The lowest BCUT2D eigenvalue weighted by atomic mass is 10.2. The van der Waals surface area contributed by atoms with E-state index in [0.29, 0.717) is 11.4 Å². The number of rotatable bonds is 5. The van der Waals surface area contributed by atoms with Crippen molar-refractivity contribution in [1.82, 2.24) is 9.78 Å². The van der Waals surface area contributed by atoms with Crippen LogP contribution in [0.3, 0.4) is 0 Å². The van der Waals surface area contributed by atoms with Gasteiger partial charge in [0.2, 0.25) is 0 Å². The van der Waals surface area contributed by atoms with E-state index < -0.39 is 18.1 Å². The number of methoxy groups -OCH3 is 1. The minimum absolute atomic E-state index is 0.0986. The lowest BCUT2D eigenvalue weighted by Gasteiger charge is -2.11. The molecule has 1 aromatic heterocycles. The molecule has 0 unspecified atom stereocenters. The van der Waals surface area contributed by atoms with Gasteiger partial charge < -0.3 is 9.47 Å². The summed E-state index contributed by atoms with van der Waals surface area (Å²) in [5, 5.41) is 3.88. The van der Waals surface area contributed by atoms with Crippen molar-refractivity contribution in [1.29, 1.82) is 0 Å². The Bertz CT molecular complexity index is 641. The van der Waals surface area contributed by atoms with Crippen molar-refractivity contribution in [3.8, 4) is 11.4 Å². The van der Waals surface area contributed by atoms with Gasteiger partial charge in [0.25, 0.3) is 6.43 Å². The molecule has 0 N–H and O–H groups in total. The number of para-hydroxylation sites is 2. The maximum Gasteiger partial charge on any atom is 0.341 e. The van der Waals surface area contributed by atoms with Crippen LogP contribution in [0.1, 0.15) is 29.4 Å². The third-order valence-electron chi connectivity index (χ3n) is 2.82. The molecule has 2 rings (SSSR count). The Morgan fingerprint density at radius 2 is 2.10 bits per heavy atom. The average Bonchev–Trinajstić information content (AvgIpc) is 2.92. The standard InChI is InChI=1S/C14H14F2N2O3/c1-3-21-14(19)9-8-17-18(12(9)13(15)16)10-6-4-5-7-11(10)20-2/h4-8,13H,3H2,1-2H3. The normalized spacial score (nSPS) is 10.7. The van der Waals surface area contributed by atoms with Gasteiger partial charge in [-0.2, -0.15) is 5.10 Å². The van der Waals surface area contributed by atoms with Crippen LogP contribution in [0.25, 0.3) is 5.69 Å². The van der Waals surface area contributed by atoms with E-state index in [1.807, 2.05) is 0 Å². The summed E-state index contributed by atoms with van der Waals surface area (Å²) < 4.78 is 37.6. The van der Waals surface area contributed by atoms with Crippen LogP contribution in [0.15, 0.2) is 30.5 Å². The highest BCUT2D eigenvalue weighted by Crippen LogP contribution is 2.30. The number of esters is 1. The third-order valence-corrected chi connectivity index (χ3v) is 2.82. The van der Waals surface area contributed by atoms with Gasteiger partial charge in [0, 0.05) is 0 Å².